The van der Waals surface area contributed by atoms with Crippen LogP contribution in [0.4, 0.5) is 11.1 Å². The molecule has 0 saturated carbocycles. The Morgan fingerprint density at radius 1 is 1.36 bits per heavy atom. The molecule has 1 aromatic rings. The highest BCUT2D eigenvalue weighted by molar-refractivity contribution is 7.09. The van der Waals surface area contributed by atoms with Gasteiger partial charge >= 0.3 is 0 Å². The molecule has 0 amide bonds. The molecular formula is C9H18N4S. The summed E-state index contributed by atoms with van der Waals surface area (Å²) in [5.74, 6) is 0.988. The minimum absolute atomic E-state index is 0.374. The van der Waals surface area contributed by atoms with E-state index in [4.69, 9.17) is 5.73 Å². The number of anilines is 2. The van der Waals surface area contributed by atoms with E-state index in [9.17, 15) is 0 Å². The fraction of sp³-hybridized carbons (Fsp3) is 0.778. The number of nitrogen functional groups attached to an aromatic ring is 1. The molecule has 0 spiro atoms. The lowest BCUT2D eigenvalue weighted by Gasteiger charge is -2.27. The van der Waals surface area contributed by atoms with Crippen molar-refractivity contribution < 1.29 is 0 Å². The minimum atomic E-state index is 0.374. The molecule has 0 aliphatic heterocycles. The van der Waals surface area contributed by atoms with E-state index in [0.29, 0.717) is 17.9 Å². The zero-order valence-corrected chi connectivity index (χ0v) is 10.0. The molecule has 0 bridgehead atoms. The molecule has 0 aliphatic carbocycles. The van der Waals surface area contributed by atoms with Gasteiger partial charge in [-0.1, -0.05) is 13.8 Å². The molecular weight excluding hydrogens is 196 g/mol. The normalized spacial score (nSPS) is 11.3. The first-order chi connectivity index (χ1) is 6.50. The predicted octanol–water partition coefficient (Wildman–Crippen LogP) is 1.99. The largest absolute Gasteiger partial charge is 0.367 e. The molecule has 1 aromatic heterocycles. The van der Waals surface area contributed by atoms with Crippen molar-refractivity contribution in [2.24, 2.45) is 5.92 Å². The van der Waals surface area contributed by atoms with Gasteiger partial charge in [-0.3, -0.25) is 0 Å². The molecule has 4 nitrogen and oxygen atoms in total. The lowest BCUT2D eigenvalue weighted by Crippen LogP contribution is -2.34. The second kappa shape index (κ2) is 4.59. The first-order valence-electron chi connectivity index (χ1n) is 4.86. The SMILES string of the molecule is CC(C)CN(c1nc(N)ns1)C(C)C. The molecule has 2 N–H and O–H groups in total. The number of hydrogen-bond donors (Lipinski definition) is 1. The van der Waals surface area contributed by atoms with E-state index in [1.165, 1.54) is 11.5 Å². The van der Waals surface area contributed by atoms with Gasteiger partial charge in [0, 0.05) is 24.1 Å². The van der Waals surface area contributed by atoms with Crippen LogP contribution in [0.5, 0.6) is 0 Å². The molecule has 14 heavy (non-hydrogen) atoms. The van der Waals surface area contributed by atoms with Gasteiger partial charge in [0.05, 0.1) is 0 Å². The summed E-state index contributed by atoms with van der Waals surface area (Å²) in [7, 11) is 0. The van der Waals surface area contributed by atoms with Crippen molar-refractivity contribution in [3.05, 3.63) is 0 Å². The van der Waals surface area contributed by atoms with Gasteiger partial charge in [0.25, 0.3) is 0 Å². The zero-order chi connectivity index (χ0) is 10.7. The van der Waals surface area contributed by atoms with E-state index in [1.54, 1.807) is 0 Å². The summed E-state index contributed by atoms with van der Waals surface area (Å²) in [6.45, 7) is 9.69. The first kappa shape index (κ1) is 11.2. The van der Waals surface area contributed by atoms with E-state index < -0.39 is 0 Å². The van der Waals surface area contributed by atoms with E-state index >= 15 is 0 Å². The van der Waals surface area contributed by atoms with E-state index in [2.05, 4.69) is 42.0 Å². The Morgan fingerprint density at radius 2 is 2.00 bits per heavy atom. The number of aromatic nitrogens is 2. The minimum Gasteiger partial charge on any atom is -0.367 e. The Morgan fingerprint density at radius 3 is 2.36 bits per heavy atom. The van der Waals surface area contributed by atoms with Gasteiger partial charge in [-0.15, -0.1) is 0 Å². The van der Waals surface area contributed by atoms with Gasteiger partial charge in [0.2, 0.25) is 11.1 Å². The lowest BCUT2D eigenvalue weighted by molar-refractivity contribution is 0.570. The molecule has 0 atom stereocenters. The van der Waals surface area contributed by atoms with Crippen LogP contribution in [0.1, 0.15) is 27.7 Å². The maximum absolute atomic E-state index is 5.51. The number of rotatable bonds is 4. The van der Waals surface area contributed by atoms with Crippen LogP contribution in [0.15, 0.2) is 0 Å². The van der Waals surface area contributed by atoms with Crippen molar-refractivity contribution >= 4 is 22.6 Å². The highest BCUT2D eigenvalue weighted by Crippen LogP contribution is 2.21. The third-order valence-electron chi connectivity index (χ3n) is 1.86. The van der Waals surface area contributed by atoms with Crippen LogP contribution in [0, 0.1) is 5.92 Å². The standard InChI is InChI=1S/C9H18N4S/c1-6(2)5-13(7(3)4)9-11-8(10)12-14-9/h6-7H,5H2,1-4H3,(H2,10,12). The molecule has 80 valence electrons. The third kappa shape index (κ3) is 2.83. The Kier molecular flexibility index (Phi) is 3.69. The van der Waals surface area contributed by atoms with Crippen LogP contribution in [-0.2, 0) is 0 Å². The number of nitrogens with two attached hydrogens (primary N) is 1. The molecule has 0 unspecified atom stereocenters. The summed E-state index contributed by atoms with van der Waals surface area (Å²) in [4.78, 5) is 6.43. The van der Waals surface area contributed by atoms with Gasteiger partial charge in [-0.2, -0.15) is 9.36 Å². The maximum atomic E-state index is 5.51. The van der Waals surface area contributed by atoms with Crippen molar-refractivity contribution in [3.63, 3.8) is 0 Å². The second-order valence-corrected chi connectivity index (χ2v) is 4.81. The van der Waals surface area contributed by atoms with Crippen LogP contribution in [0.25, 0.3) is 0 Å². The average molecular weight is 214 g/mol. The van der Waals surface area contributed by atoms with Gasteiger partial charge in [0.1, 0.15) is 0 Å². The number of nitrogens with zero attached hydrogens (tertiary/aromatic N) is 3. The average Bonchev–Trinajstić information content (AvgIpc) is 2.46. The molecule has 0 aromatic carbocycles. The highest BCUT2D eigenvalue weighted by atomic mass is 32.1. The Hall–Kier alpha value is -0.840. The smallest absolute Gasteiger partial charge is 0.233 e. The van der Waals surface area contributed by atoms with E-state index in [0.717, 1.165) is 11.7 Å². The molecule has 5 heteroatoms. The van der Waals surface area contributed by atoms with E-state index in [-0.39, 0.29) is 0 Å². The van der Waals surface area contributed by atoms with Gasteiger partial charge in [-0.25, -0.2) is 0 Å². The molecule has 1 rings (SSSR count). The summed E-state index contributed by atoms with van der Waals surface area (Å²) in [5.41, 5.74) is 5.51. The Balaban J connectivity index is 2.77. The quantitative estimate of drug-likeness (QED) is 0.832. The molecule has 0 saturated heterocycles. The van der Waals surface area contributed by atoms with Crippen LogP contribution in [0.3, 0.4) is 0 Å². The molecule has 1 heterocycles. The lowest BCUT2D eigenvalue weighted by atomic mass is 10.2. The summed E-state index contributed by atoms with van der Waals surface area (Å²) in [6.07, 6.45) is 0. The van der Waals surface area contributed by atoms with Crippen molar-refractivity contribution in [3.8, 4) is 0 Å². The molecule has 0 radical (unpaired) electrons. The van der Waals surface area contributed by atoms with Crippen molar-refractivity contribution in [2.45, 2.75) is 33.7 Å². The van der Waals surface area contributed by atoms with Crippen LogP contribution in [-0.4, -0.2) is 21.9 Å². The number of hydrogen-bond acceptors (Lipinski definition) is 5. The fourth-order valence-corrected chi connectivity index (χ4v) is 1.99. The monoisotopic (exact) mass is 214 g/mol. The summed E-state index contributed by atoms with van der Waals surface area (Å²) in [5, 5.41) is 0.922. The molecule has 0 fully saturated rings. The van der Waals surface area contributed by atoms with Crippen LogP contribution < -0.4 is 10.6 Å². The van der Waals surface area contributed by atoms with E-state index in [1.807, 2.05) is 0 Å². The summed E-state index contributed by atoms with van der Waals surface area (Å²) < 4.78 is 3.99. The summed E-state index contributed by atoms with van der Waals surface area (Å²) >= 11 is 1.37. The van der Waals surface area contributed by atoms with Crippen molar-refractivity contribution in [2.75, 3.05) is 17.2 Å². The fourth-order valence-electron chi connectivity index (χ4n) is 1.25. The third-order valence-corrected chi connectivity index (χ3v) is 2.63. The highest BCUT2D eigenvalue weighted by Gasteiger charge is 2.15. The maximum Gasteiger partial charge on any atom is 0.233 e. The van der Waals surface area contributed by atoms with Crippen molar-refractivity contribution in [1.29, 1.82) is 0 Å². The van der Waals surface area contributed by atoms with Crippen LogP contribution in [0.2, 0.25) is 0 Å². The van der Waals surface area contributed by atoms with Gasteiger partial charge in [0.15, 0.2) is 0 Å². The zero-order valence-electron chi connectivity index (χ0n) is 9.19. The Bertz CT molecular complexity index is 282. The first-order valence-corrected chi connectivity index (χ1v) is 5.64. The van der Waals surface area contributed by atoms with Gasteiger partial charge < -0.3 is 10.6 Å². The van der Waals surface area contributed by atoms with Gasteiger partial charge in [-0.05, 0) is 19.8 Å². The second-order valence-electron chi connectivity index (χ2n) is 4.08. The Labute approximate surface area is 89.3 Å². The van der Waals surface area contributed by atoms with Crippen LogP contribution >= 0.6 is 11.5 Å². The summed E-state index contributed by atoms with van der Waals surface area (Å²) in [6, 6.07) is 0.435. The predicted molar refractivity (Wildman–Crippen MR) is 61.6 cm³/mol. The topological polar surface area (TPSA) is 55.0 Å². The molecule has 0 aliphatic rings. The van der Waals surface area contributed by atoms with Crippen molar-refractivity contribution in [1.82, 2.24) is 9.36 Å².